The van der Waals surface area contributed by atoms with Gasteiger partial charge in [0.05, 0.1) is 18.2 Å². The van der Waals surface area contributed by atoms with E-state index in [1.54, 1.807) is 0 Å². The van der Waals surface area contributed by atoms with E-state index in [0.717, 1.165) is 19.5 Å². The first-order chi connectivity index (χ1) is 13.2. The van der Waals surface area contributed by atoms with Gasteiger partial charge in [-0.3, -0.25) is 4.90 Å². The lowest BCUT2D eigenvalue weighted by Gasteiger charge is -2.48. The number of hydrogen-bond donors (Lipinski definition) is 3. The maximum atomic E-state index is 10.4. The van der Waals surface area contributed by atoms with E-state index in [9.17, 15) is 10.2 Å². The number of rotatable bonds is 14. The zero-order chi connectivity index (χ0) is 19.3. The molecule has 0 aromatic carbocycles. The van der Waals surface area contributed by atoms with Crippen LogP contribution in [0.1, 0.15) is 103 Å². The van der Waals surface area contributed by atoms with Crippen molar-refractivity contribution in [2.75, 3.05) is 19.6 Å². The highest BCUT2D eigenvalue weighted by Gasteiger charge is 2.42. The van der Waals surface area contributed by atoms with Crippen molar-refractivity contribution in [2.24, 2.45) is 0 Å². The van der Waals surface area contributed by atoms with Crippen LogP contribution < -0.4 is 5.32 Å². The van der Waals surface area contributed by atoms with Crippen LogP contribution in [-0.2, 0) is 0 Å². The van der Waals surface area contributed by atoms with Gasteiger partial charge in [-0.05, 0) is 32.4 Å². The molecule has 29 heavy (non-hydrogen) atoms. The number of halogens is 2. The molecule has 0 aromatic rings. The molecule has 3 N–H and O–H groups in total. The molecule has 2 aliphatic heterocycles. The fourth-order valence-corrected chi connectivity index (χ4v) is 4.96. The van der Waals surface area contributed by atoms with Gasteiger partial charge in [0.2, 0.25) is 0 Å². The fraction of sp³-hybridized carbons (Fsp3) is 1.00. The van der Waals surface area contributed by atoms with E-state index >= 15 is 0 Å². The van der Waals surface area contributed by atoms with Crippen LogP contribution in [0.3, 0.4) is 0 Å². The Labute approximate surface area is 192 Å². The highest BCUT2D eigenvalue weighted by Crippen LogP contribution is 2.27. The van der Waals surface area contributed by atoms with E-state index in [2.05, 4.69) is 17.1 Å². The second kappa shape index (κ2) is 18.0. The fourth-order valence-electron chi connectivity index (χ4n) is 4.96. The lowest BCUT2D eigenvalue weighted by molar-refractivity contribution is -0.0917. The number of aliphatic hydroxyl groups excluding tert-OH is 2. The van der Waals surface area contributed by atoms with Gasteiger partial charge >= 0.3 is 0 Å². The van der Waals surface area contributed by atoms with Crippen molar-refractivity contribution in [3.8, 4) is 0 Å². The second-order valence-corrected chi connectivity index (χ2v) is 8.99. The van der Waals surface area contributed by atoms with Crippen LogP contribution in [0.15, 0.2) is 0 Å². The maximum Gasteiger partial charge on any atom is 0.0979 e. The minimum absolute atomic E-state index is 0. The van der Waals surface area contributed by atoms with Crippen LogP contribution in [0.5, 0.6) is 0 Å². The van der Waals surface area contributed by atoms with Crippen molar-refractivity contribution < 1.29 is 10.2 Å². The van der Waals surface area contributed by atoms with Crippen LogP contribution in [0.4, 0.5) is 0 Å². The molecule has 0 radical (unpaired) electrons. The highest BCUT2D eigenvalue weighted by atomic mass is 35.5. The van der Waals surface area contributed by atoms with Gasteiger partial charge in [-0.15, -0.1) is 24.8 Å². The summed E-state index contributed by atoms with van der Waals surface area (Å²) < 4.78 is 0. The average Bonchev–Trinajstić information content (AvgIpc) is 2.68. The lowest BCUT2D eigenvalue weighted by atomic mass is 9.85. The van der Waals surface area contributed by atoms with Crippen molar-refractivity contribution in [3.05, 3.63) is 0 Å². The standard InChI is InChI=1S/C23H46N2O2.2ClH/c1-2-3-4-5-6-7-8-9-10-11-12-14-17-24-22-20-16-13-15-18-25(20)19-21(26)23(22)27;;/h20-24,26-27H,2-19H2,1H3;2*1H/t20-,21+,22-,23-;;/m1../s1. The molecule has 0 aromatic heterocycles. The third-order valence-electron chi connectivity index (χ3n) is 6.67. The molecule has 2 fully saturated rings. The average molecular weight is 456 g/mol. The van der Waals surface area contributed by atoms with Crippen molar-refractivity contribution in [2.45, 2.75) is 128 Å². The van der Waals surface area contributed by atoms with Gasteiger partial charge in [-0.2, -0.15) is 0 Å². The Hall–Kier alpha value is 0.420. The topological polar surface area (TPSA) is 55.7 Å². The second-order valence-electron chi connectivity index (χ2n) is 8.99. The summed E-state index contributed by atoms with van der Waals surface area (Å²) in [5.41, 5.74) is 0. The van der Waals surface area contributed by atoms with Gasteiger partial charge in [0.25, 0.3) is 0 Å². The zero-order valence-electron chi connectivity index (χ0n) is 18.7. The van der Waals surface area contributed by atoms with Crippen molar-refractivity contribution >= 4 is 24.8 Å². The number of aliphatic hydroxyl groups is 2. The molecular weight excluding hydrogens is 407 g/mol. The van der Waals surface area contributed by atoms with E-state index in [4.69, 9.17) is 0 Å². The van der Waals surface area contributed by atoms with E-state index < -0.39 is 12.2 Å². The molecule has 2 aliphatic rings. The van der Waals surface area contributed by atoms with Gasteiger partial charge in [-0.1, -0.05) is 84.0 Å². The minimum atomic E-state index is -0.610. The molecule has 176 valence electrons. The molecule has 2 rings (SSSR count). The van der Waals surface area contributed by atoms with Crippen LogP contribution in [-0.4, -0.2) is 59.0 Å². The molecule has 0 spiro atoms. The monoisotopic (exact) mass is 454 g/mol. The lowest BCUT2D eigenvalue weighted by Crippen LogP contribution is -2.66. The molecule has 0 amide bonds. The number of nitrogens with zero attached hydrogens (tertiary/aromatic N) is 1. The van der Waals surface area contributed by atoms with E-state index in [1.807, 2.05) is 0 Å². The summed E-state index contributed by atoms with van der Waals surface area (Å²) in [6, 6.07) is 0.455. The Morgan fingerprint density at radius 1 is 0.793 bits per heavy atom. The van der Waals surface area contributed by atoms with Gasteiger partial charge in [0.15, 0.2) is 0 Å². The van der Waals surface area contributed by atoms with Crippen LogP contribution in [0, 0.1) is 0 Å². The maximum absolute atomic E-state index is 10.4. The third kappa shape index (κ3) is 11.0. The summed E-state index contributed by atoms with van der Waals surface area (Å²) in [6.45, 7) is 4.96. The van der Waals surface area contributed by atoms with E-state index in [0.29, 0.717) is 12.6 Å². The van der Waals surface area contributed by atoms with Crippen molar-refractivity contribution in [3.63, 3.8) is 0 Å². The summed E-state index contributed by atoms with van der Waals surface area (Å²) in [5, 5.41) is 24.2. The number of fused-ring (bicyclic) bond motifs is 1. The Bertz CT molecular complexity index is 377. The third-order valence-corrected chi connectivity index (χ3v) is 6.67. The predicted molar refractivity (Wildman–Crippen MR) is 129 cm³/mol. The first-order valence-corrected chi connectivity index (χ1v) is 12.1. The predicted octanol–water partition coefficient (Wildman–Crippen LogP) is 5.08. The van der Waals surface area contributed by atoms with Gasteiger partial charge in [0, 0.05) is 12.6 Å². The Balaban J connectivity index is 0.00000392. The molecule has 0 aliphatic carbocycles. The van der Waals surface area contributed by atoms with Gasteiger partial charge in [0.1, 0.15) is 0 Å². The number of unbranched alkanes of at least 4 members (excludes halogenated alkanes) is 11. The van der Waals surface area contributed by atoms with Crippen molar-refractivity contribution in [1.82, 2.24) is 10.2 Å². The molecule has 4 nitrogen and oxygen atoms in total. The SMILES string of the molecule is CCCCCCCCCCCCCCN[C@H]1[C@H](O)[C@@H](O)CN2CCCC[C@H]12.Cl.Cl. The van der Waals surface area contributed by atoms with Gasteiger partial charge in [-0.25, -0.2) is 0 Å². The quantitative estimate of drug-likeness (QED) is 0.320. The molecule has 0 saturated carbocycles. The minimum Gasteiger partial charge on any atom is -0.389 e. The smallest absolute Gasteiger partial charge is 0.0979 e. The number of piperidine rings is 2. The van der Waals surface area contributed by atoms with E-state index in [1.165, 1.54) is 89.9 Å². The summed E-state index contributed by atoms with van der Waals surface area (Å²) in [5.74, 6) is 0. The zero-order valence-corrected chi connectivity index (χ0v) is 20.3. The summed E-state index contributed by atoms with van der Waals surface area (Å²) >= 11 is 0. The van der Waals surface area contributed by atoms with Crippen LogP contribution in [0.25, 0.3) is 0 Å². The summed E-state index contributed by atoms with van der Waals surface area (Å²) in [6.07, 6.45) is 18.9. The largest absolute Gasteiger partial charge is 0.389 e. The summed E-state index contributed by atoms with van der Waals surface area (Å²) in [7, 11) is 0. The number of hydrogen-bond acceptors (Lipinski definition) is 4. The van der Waals surface area contributed by atoms with E-state index in [-0.39, 0.29) is 30.9 Å². The number of nitrogens with one attached hydrogen (secondary N) is 1. The molecule has 0 bridgehead atoms. The van der Waals surface area contributed by atoms with Crippen molar-refractivity contribution in [1.29, 1.82) is 0 Å². The van der Waals surface area contributed by atoms with Gasteiger partial charge < -0.3 is 15.5 Å². The molecular formula is C23H48Cl2N2O2. The first-order valence-electron chi connectivity index (χ1n) is 12.1. The molecule has 6 heteroatoms. The first kappa shape index (κ1) is 29.4. The van der Waals surface area contributed by atoms with Crippen LogP contribution in [0.2, 0.25) is 0 Å². The Kier molecular flexibility index (Phi) is 18.3. The molecule has 4 atom stereocenters. The van der Waals surface area contributed by atoms with Crippen LogP contribution >= 0.6 is 24.8 Å². The highest BCUT2D eigenvalue weighted by molar-refractivity contribution is 5.85. The Morgan fingerprint density at radius 3 is 1.93 bits per heavy atom. The Morgan fingerprint density at radius 2 is 1.34 bits per heavy atom. The summed E-state index contributed by atoms with van der Waals surface area (Å²) in [4.78, 5) is 2.39. The molecule has 0 unspecified atom stereocenters. The molecule has 2 saturated heterocycles. The normalized spacial score (nSPS) is 27.0. The molecule has 2 heterocycles.